The van der Waals surface area contributed by atoms with Crippen molar-refractivity contribution in [3.8, 4) is 0 Å². The molecule has 2 heterocycles. The molecule has 5 nitrogen and oxygen atoms in total. The third kappa shape index (κ3) is 3.20. The van der Waals surface area contributed by atoms with Crippen LogP contribution >= 0.6 is 0 Å². The van der Waals surface area contributed by atoms with Crippen LogP contribution in [-0.4, -0.2) is 33.5 Å². The first-order valence-electron chi connectivity index (χ1n) is 7.80. The highest BCUT2D eigenvalue weighted by atomic mass is 32.2. The lowest BCUT2D eigenvalue weighted by molar-refractivity contribution is -0.308. The quantitative estimate of drug-likeness (QED) is 0.799. The predicted octanol–water partition coefficient (Wildman–Crippen LogP) is 2.78. The Morgan fingerprint density at radius 1 is 1.09 bits per heavy atom. The smallest absolute Gasteiger partial charge is 0.297 e. The van der Waals surface area contributed by atoms with Crippen LogP contribution in [0.2, 0.25) is 0 Å². The maximum atomic E-state index is 12.5. The number of rotatable bonds is 3. The van der Waals surface area contributed by atoms with Gasteiger partial charge in [0, 0.05) is 6.42 Å². The molecule has 1 aromatic rings. The van der Waals surface area contributed by atoms with E-state index in [4.69, 9.17) is 13.7 Å². The van der Waals surface area contributed by atoms with Gasteiger partial charge in [0.2, 0.25) is 0 Å². The van der Waals surface area contributed by atoms with Crippen LogP contribution in [0, 0.1) is 6.92 Å². The summed E-state index contributed by atoms with van der Waals surface area (Å²) >= 11 is 0. The summed E-state index contributed by atoms with van der Waals surface area (Å²) in [5, 5.41) is 0. The first-order chi connectivity index (χ1) is 10.5. The lowest BCUT2D eigenvalue weighted by Crippen LogP contribution is -2.54. The number of hydrogen-bond acceptors (Lipinski definition) is 5. The molecule has 0 unspecified atom stereocenters. The molecule has 0 N–H and O–H groups in total. The molecule has 0 radical (unpaired) electrons. The summed E-state index contributed by atoms with van der Waals surface area (Å²) < 4.78 is 42.1. The van der Waals surface area contributed by atoms with Crippen molar-refractivity contribution in [3.63, 3.8) is 0 Å². The van der Waals surface area contributed by atoms with Crippen molar-refractivity contribution in [1.82, 2.24) is 0 Å². The lowest BCUT2D eigenvalue weighted by atomic mass is 9.94. The Morgan fingerprint density at radius 2 is 1.77 bits per heavy atom. The highest BCUT2D eigenvalue weighted by Gasteiger charge is 2.47. The Kier molecular flexibility index (Phi) is 4.54. The van der Waals surface area contributed by atoms with E-state index >= 15 is 0 Å². The SMILES string of the molecule is Cc1ccc(S(=O)(=O)O[C@@H]2CCCO[C@@]23CCCCO3)cc1. The maximum absolute atomic E-state index is 12.5. The zero-order valence-corrected chi connectivity index (χ0v) is 13.6. The van der Waals surface area contributed by atoms with E-state index in [9.17, 15) is 8.42 Å². The standard InChI is InChI=1S/C16H22O5S/c1-13-6-8-14(9-7-13)22(17,18)21-15-5-4-12-20-16(15)10-2-3-11-19-16/h6-9,15H,2-5,10-12H2,1H3/t15-,16+/m1/s1. The summed E-state index contributed by atoms with van der Waals surface area (Å²) in [6, 6.07) is 6.67. The lowest BCUT2D eigenvalue weighted by Gasteiger charge is -2.44. The zero-order valence-electron chi connectivity index (χ0n) is 12.8. The molecule has 22 heavy (non-hydrogen) atoms. The summed E-state index contributed by atoms with van der Waals surface area (Å²) in [6.45, 7) is 3.09. The Hall–Kier alpha value is -0.950. The Bertz CT molecular complexity index is 594. The van der Waals surface area contributed by atoms with Gasteiger partial charge in [0.05, 0.1) is 18.1 Å². The van der Waals surface area contributed by atoms with E-state index in [1.807, 2.05) is 6.92 Å². The number of aryl methyl sites for hydroxylation is 1. The summed E-state index contributed by atoms with van der Waals surface area (Å²) in [5.41, 5.74) is 1.01. The molecule has 0 aliphatic carbocycles. The Morgan fingerprint density at radius 3 is 2.45 bits per heavy atom. The van der Waals surface area contributed by atoms with Crippen molar-refractivity contribution in [2.24, 2.45) is 0 Å². The van der Waals surface area contributed by atoms with Gasteiger partial charge in [-0.2, -0.15) is 8.42 Å². The van der Waals surface area contributed by atoms with Gasteiger partial charge in [0.15, 0.2) is 5.79 Å². The van der Waals surface area contributed by atoms with Crippen molar-refractivity contribution < 1.29 is 22.1 Å². The number of hydrogen-bond donors (Lipinski definition) is 0. The average Bonchev–Trinajstić information content (AvgIpc) is 2.51. The minimum atomic E-state index is -3.81. The van der Waals surface area contributed by atoms with Crippen molar-refractivity contribution in [2.45, 2.75) is 55.8 Å². The Balaban J connectivity index is 1.81. The maximum Gasteiger partial charge on any atom is 0.297 e. The van der Waals surface area contributed by atoms with Crippen molar-refractivity contribution in [3.05, 3.63) is 29.8 Å². The van der Waals surface area contributed by atoms with Crippen LogP contribution in [0.25, 0.3) is 0 Å². The molecular formula is C16H22O5S. The summed E-state index contributed by atoms with van der Waals surface area (Å²) in [6.07, 6.45) is 3.45. The fourth-order valence-corrected chi connectivity index (χ4v) is 4.15. The van der Waals surface area contributed by atoms with E-state index in [0.717, 1.165) is 24.8 Å². The van der Waals surface area contributed by atoms with Crippen LogP contribution in [0.15, 0.2) is 29.2 Å². The van der Waals surface area contributed by atoms with Crippen molar-refractivity contribution in [2.75, 3.05) is 13.2 Å². The summed E-state index contributed by atoms with van der Waals surface area (Å²) in [4.78, 5) is 0.176. The number of ether oxygens (including phenoxy) is 2. The second-order valence-corrected chi connectivity index (χ2v) is 7.53. The van der Waals surface area contributed by atoms with Gasteiger partial charge in [0.1, 0.15) is 6.10 Å². The average molecular weight is 326 g/mol. The normalized spacial score (nSPS) is 29.6. The van der Waals surface area contributed by atoms with E-state index in [0.29, 0.717) is 26.1 Å². The van der Waals surface area contributed by atoms with Crippen LogP contribution in [0.4, 0.5) is 0 Å². The van der Waals surface area contributed by atoms with Gasteiger partial charge >= 0.3 is 0 Å². The molecule has 0 bridgehead atoms. The molecule has 0 amide bonds. The largest absolute Gasteiger partial charge is 0.347 e. The molecule has 2 fully saturated rings. The van der Waals surface area contributed by atoms with E-state index in [1.54, 1.807) is 24.3 Å². The van der Waals surface area contributed by atoms with Crippen LogP contribution in [0.5, 0.6) is 0 Å². The van der Waals surface area contributed by atoms with E-state index in [1.165, 1.54) is 0 Å². The molecule has 2 aliphatic rings. The fourth-order valence-electron chi connectivity index (χ4n) is 3.02. The molecule has 1 aromatic carbocycles. The molecule has 2 aliphatic heterocycles. The second kappa shape index (κ2) is 6.28. The first-order valence-corrected chi connectivity index (χ1v) is 9.21. The molecule has 1 spiro atoms. The van der Waals surface area contributed by atoms with Gasteiger partial charge in [-0.15, -0.1) is 0 Å². The van der Waals surface area contributed by atoms with Crippen LogP contribution in [-0.2, 0) is 23.8 Å². The molecule has 0 saturated carbocycles. The van der Waals surface area contributed by atoms with Gasteiger partial charge in [0.25, 0.3) is 10.1 Å². The van der Waals surface area contributed by atoms with Crippen molar-refractivity contribution >= 4 is 10.1 Å². The van der Waals surface area contributed by atoms with Gasteiger partial charge < -0.3 is 9.47 Å². The molecule has 122 valence electrons. The first kappa shape index (κ1) is 15.9. The molecule has 3 rings (SSSR count). The Labute approximate surface area is 131 Å². The minimum Gasteiger partial charge on any atom is -0.347 e. The third-order valence-corrected chi connectivity index (χ3v) is 5.60. The van der Waals surface area contributed by atoms with Gasteiger partial charge in [-0.05, 0) is 44.7 Å². The summed E-state index contributed by atoms with van der Waals surface area (Å²) in [5.74, 6) is -0.895. The van der Waals surface area contributed by atoms with Crippen LogP contribution in [0.3, 0.4) is 0 Å². The third-order valence-electron chi connectivity index (χ3n) is 4.27. The molecule has 2 saturated heterocycles. The summed E-state index contributed by atoms with van der Waals surface area (Å²) in [7, 11) is -3.81. The van der Waals surface area contributed by atoms with Crippen molar-refractivity contribution in [1.29, 1.82) is 0 Å². The zero-order chi connectivity index (χ0) is 15.6. The second-order valence-electron chi connectivity index (χ2n) is 5.96. The fraction of sp³-hybridized carbons (Fsp3) is 0.625. The minimum absolute atomic E-state index is 0.176. The van der Waals surface area contributed by atoms with E-state index in [-0.39, 0.29) is 4.90 Å². The highest BCUT2D eigenvalue weighted by molar-refractivity contribution is 7.86. The van der Waals surface area contributed by atoms with Crippen LogP contribution < -0.4 is 0 Å². The molecule has 0 aromatic heterocycles. The van der Waals surface area contributed by atoms with Gasteiger partial charge in [-0.25, -0.2) is 0 Å². The predicted molar refractivity (Wildman–Crippen MR) is 81.0 cm³/mol. The highest BCUT2D eigenvalue weighted by Crippen LogP contribution is 2.38. The molecule has 2 atom stereocenters. The van der Waals surface area contributed by atoms with E-state index in [2.05, 4.69) is 0 Å². The van der Waals surface area contributed by atoms with Crippen LogP contribution in [0.1, 0.15) is 37.7 Å². The van der Waals surface area contributed by atoms with Gasteiger partial charge in [-0.1, -0.05) is 17.7 Å². The van der Waals surface area contributed by atoms with Gasteiger partial charge in [-0.3, -0.25) is 4.18 Å². The monoisotopic (exact) mass is 326 g/mol. The van der Waals surface area contributed by atoms with E-state index < -0.39 is 22.0 Å². The molecular weight excluding hydrogens is 304 g/mol. The molecule has 6 heteroatoms. The topological polar surface area (TPSA) is 61.8 Å². The number of benzene rings is 1.